The summed E-state index contributed by atoms with van der Waals surface area (Å²) in [5, 5.41) is 2.81. The van der Waals surface area contributed by atoms with Crippen LogP contribution in [0.5, 0.6) is 23.0 Å². The summed E-state index contributed by atoms with van der Waals surface area (Å²) in [6.45, 7) is 1.82. The molecule has 2 heterocycles. The highest BCUT2D eigenvalue weighted by atomic mass is 35.5. The highest BCUT2D eigenvalue weighted by molar-refractivity contribution is 6.36. The smallest absolute Gasteiger partial charge is 0.237 e. The van der Waals surface area contributed by atoms with Gasteiger partial charge in [0.25, 0.3) is 0 Å². The first kappa shape index (κ1) is 30.4. The van der Waals surface area contributed by atoms with E-state index in [1.54, 1.807) is 38.3 Å². The van der Waals surface area contributed by atoms with Gasteiger partial charge in [-0.05, 0) is 24.3 Å². The molecule has 1 N–H and O–H groups in total. The molecule has 1 aliphatic carbocycles. The molecule has 11 nitrogen and oxygen atoms in total. The Morgan fingerprint density at radius 1 is 1.00 bits per heavy atom. The Hall–Kier alpha value is -4.06. The van der Waals surface area contributed by atoms with Crippen molar-refractivity contribution in [1.82, 2.24) is 5.32 Å². The van der Waals surface area contributed by atoms with E-state index < -0.39 is 35.3 Å². The molecule has 1 aromatic heterocycles. The first-order valence-corrected chi connectivity index (χ1v) is 13.9. The Kier molecular flexibility index (Phi) is 8.42. The van der Waals surface area contributed by atoms with Crippen LogP contribution < -0.4 is 24.3 Å². The van der Waals surface area contributed by atoms with Crippen LogP contribution in [0.15, 0.2) is 34.7 Å². The number of hydrogen-bond donors (Lipinski definition) is 1. The third kappa shape index (κ3) is 4.91. The van der Waals surface area contributed by atoms with Gasteiger partial charge in [0.1, 0.15) is 39.4 Å². The van der Waals surface area contributed by atoms with E-state index in [4.69, 9.17) is 44.4 Å². The van der Waals surface area contributed by atoms with Crippen molar-refractivity contribution >= 4 is 29.1 Å². The molecular formula is C31H32ClNO10. The van der Waals surface area contributed by atoms with Crippen molar-refractivity contribution in [3.05, 3.63) is 57.8 Å². The molecule has 0 bridgehead atoms. The lowest BCUT2D eigenvalue weighted by Crippen LogP contribution is -2.56. The van der Waals surface area contributed by atoms with Crippen LogP contribution in [0.1, 0.15) is 39.0 Å². The zero-order valence-electron chi connectivity index (χ0n) is 24.6. The zero-order valence-corrected chi connectivity index (χ0v) is 25.4. The van der Waals surface area contributed by atoms with Crippen LogP contribution in [0.25, 0.3) is 11.3 Å². The molecule has 0 saturated heterocycles. The topological polar surface area (TPSA) is 132 Å². The van der Waals surface area contributed by atoms with Crippen molar-refractivity contribution in [2.75, 3.05) is 42.1 Å². The Morgan fingerprint density at radius 3 is 2.26 bits per heavy atom. The minimum atomic E-state index is -1.96. The third-order valence-corrected chi connectivity index (χ3v) is 8.29. The molecule has 2 atom stereocenters. The molecule has 5 rings (SSSR count). The van der Waals surface area contributed by atoms with Crippen LogP contribution in [0.4, 0.5) is 0 Å². The number of Topliss-reactive ketones (excluding diaryl/α,β-unsaturated/α-hetero) is 2. The molecule has 1 amide bonds. The highest BCUT2D eigenvalue weighted by Crippen LogP contribution is 2.54. The molecule has 0 fully saturated rings. The lowest BCUT2D eigenvalue weighted by Gasteiger charge is -2.35. The standard InChI is InChI=1S/C31H32ClNO10/c1-15-11-20-24(29(35)31(15)30(36)25-19(38-3)13-21(39-4)26(32)28(25)43-31)18(12-22(34)33-14-23(40-5)41-6)27(42-20)16-7-9-17(37-2)10-8-16/h7-10,13,15,23H,11-12,14H2,1-6H3,(H,33,34). The maximum Gasteiger partial charge on any atom is 0.237 e. The molecule has 12 heteroatoms. The number of carbonyl (C=O) groups is 3. The minimum absolute atomic E-state index is 0.00913. The summed E-state index contributed by atoms with van der Waals surface area (Å²) in [7, 11) is 7.29. The number of ketones is 2. The number of rotatable bonds is 10. The molecule has 228 valence electrons. The lowest BCUT2D eigenvalue weighted by atomic mass is 9.70. The van der Waals surface area contributed by atoms with E-state index in [2.05, 4.69) is 5.32 Å². The van der Waals surface area contributed by atoms with Crippen molar-refractivity contribution in [1.29, 1.82) is 0 Å². The fourth-order valence-electron chi connectivity index (χ4n) is 5.66. The van der Waals surface area contributed by atoms with Gasteiger partial charge in [-0.2, -0.15) is 0 Å². The number of halogens is 1. The van der Waals surface area contributed by atoms with Gasteiger partial charge in [-0.1, -0.05) is 18.5 Å². The summed E-state index contributed by atoms with van der Waals surface area (Å²) in [5.74, 6) is -0.564. The quantitative estimate of drug-likeness (QED) is 0.261. The second-order valence-corrected chi connectivity index (χ2v) is 10.6. The molecule has 2 unspecified atom stereocenters. The SMILES string of the molecule is COc1ccc(-c2oc3c(c2CC(=O)NCC(OC)OC)C(=O)C2(Oc4c(Cl)c(OC)cc(OC)c4C2=O)C(C)C3)cc1. The molecular weight excluding hydrogens is 582 g/mol. The van der Waals surface area contributed by atoms with E-state index >= 15 is 0 Å². The van der Waals surface area contributed by atoms with E-state index in [1.165, 1.54) is 34.5 Å². The van der Waals surface area contributed by atoms with Gasteiger partial charge in [0.05, 0.1) is 39.9 Å². The van der Waals surface area contributed by atoms with E-state index in [0.29, 0.717) is 28.4 Å². The number of nitrogens with one attached hydrogen (secondary N) is 1. The van der Waals surface area contributed by atoms with Gasteiger partial charge in [-0.15, -0.1) is 0 Å². The maximum atomic E-state index is 14.6. The van der Waals surface area contributed by atoms with Crippen molar-refractivity contribution < 1.29 is 47.2 Å². The third-order valence-electron chi connectivity index (χ3n) is 7.93. The van der Waals surface area contributed by atoms with E-state index in [9.17, 15) is 14.4 Å². The average molecular weight is 614 g/mol. The molecule has 0 saturated carbocycles. The van der Waals surface area contributed by atoms with Crippen LogP contribution in [0.3, 0.4) is 0 Å². The number of methoxy groups -OCH3 is 5. The van der Waals surface area contributed by atoms with E-state index in [1.807, 2.05) is 0 Å². The Labute approximate surface area is 253 Å². The van der Waals surface area contributed by atoms with Crippen molar-refractivity contribution in [3.8, 4) is 34.3 Å². The fourth-order valence-corrected chi connectivity index (χ4v) is 5.92. The maximum absolute atomic E-state index is 14.6. The Bertz CT molecular complexity index is 1580. The number of furan rings is 1. The molecule has 2 aliphatic rings. The molecule has 1 spiro atoms. The van der Waals surface area contributed by atoms with Crippen LogP contribution >= 0.6 is 11.6 Å². The molecule has 43 heavy (non-hydrogen) atoms. The van der Waals surface area contributed by atoms with Crippen LogP contribution in [-0.4, -0.2) is 71.5 Å². The van der Waals surface area contributed by atoms with Gasteiger partial charge >= 0.3 is 0 Å². The van der Waals surface area contributed by atoms with Gasteiger partial charge in [-0.25, -0.2) is 0 Å². The number of ether oxygens (including phenoxy) is 6. The van der Waals surface area contributed by atoms with Crippen molar-refractivity contribution in [3.63, 3.8) is 0 Å². The largest absolute Gasteiger partial charge is 0.497 e. The molecule has 3 aromatic rings. The summed E-state index contributed by atoms with van der Waals surface area (Å²) in [6, 6.07) is 8.51. The second kappa shape index (κ2) is 11.9. The lowest BCUT2D eigenvalue weighted by molar-refractivity contribution is -0.126. The number of amides is 1. The van der Waals surface area contributed by atoms with Crippen LogP contribution in [0, 0.1) is 5.92 Å². The highest BCUT2D eigenvalue weighted by Gasteiger charge is 2.63. The normalized spacial score (nSPS) is 18.8. The summed E-state index contributed by atoms with van der Waals surface area (Å²) in [5.41, 5.74) is -0.835. The predicted octanol–water partition coefficient (Wildman–Crippen LogP) is 4.29. The summed E-state index contributed by atoms with van der Waals surface area (Å²) < 4.78 is 39.0. The van der Waals surface area contributed by atoms with E-state index in [-0.39, 0.29) is 52.8 Å². The Morgan fingerprint density at radius 2 is 1.65 bits per heavy atom. The summed E-state index contributed by atoms with van der Waals surface area (Å²) in [6.07, 6.45) is -0.707. The first-order valence-electron chi connectivity index (χ1n) is 13.5. The van der Waals surface area contributed by atoms with Crippen molar-refractivity contribution in [2.45, 2.75) is 31.7 Å². The number of benzene rings is 2. The van der Waals surface area contributed by atoms with Gasteiger partial charge in [-0.3, -0.25) is 14.4 Å². The number of carbonyl (C=O) groups excluding carboxylic acids is 3. The zero-order chi connectivity index (χ0) is 31.1. The molecule has 0 radical (unpaired) electrons. The van der Waals surface area contributed by atoms with E-state index in [0.717, 1.165) is 0 Å². The predicted molar refractivity (Wildman–Crippen MR) is 155 cm³/mol. The summed E-state index contributed by atoms with van der Waals surface area (Å²) in [4.78, 5) is 42.0. The monoisotopic (exact) mass is 613 g/mol. The molecule has 2 aromatic carbocycles. The molecule has 1 aliphatic heterocycles. The van der Waals surface area contributed by atoms with Crippen LogP contribution in [-0.2, 0) is 27.1 Å². The van der Waals surface area contributed by atoms with Gasteiger partial charge < -0.3 is 38.2 Å². The van der Waals surface area contributed by atoms with Gasteiger partial charge in [0.15, 0.2) is 12.0 Å². The average Bonchev–Trinajstić information content (AvgIpc) is 3.53. The second-order valence-electron chi connectivity index (χ2n) is 10.2. The minimum Gasteiger partial charge on any atom is -0.497 e. The van der Waals surface area contributed by atoms with Gasteiger partial charge in [0, 0.05) is 43.8 Å². The summed E-state index contributed by atoms with van der Waals surface area (Å²) >= 11 is 6.57. The van der Waals surface area contributed by atoms with Crippen molar-refractivity contribution in [2.24, 2.45) is 5.92 Å². The Balaban J connectivity index is 1.62. The fraction of sp³-hybridized carbons (Fsp3) is 0.387. The first-order chi connectivity index (χ1) is 20.6. The number of hydrogen-bond acceptors (Lipinski definition) is 10. The number of fused-ring (bicyclic) bond motifs is 2. The van der Waals surface area contributed by atoms with Crippen LogP contribution in [0.2, 0.25) is 5.02 Å². The van der Waals surface area contributed by atoms with Gasteiger partial charge in [0.2, 0.25) is 23.1 Å².